The maximum absolute atomic E-state index is 11.7. The predicted molar refractivity (Wildman–Crippen MR) is 158 cm³/mol. The number of aromatic nitrogens is 2. The van der Waals surface area contributed by atoms with E-state index in [4.69, 9.17) is 10.5 Å². The van der Waals surface area contributed by atoms with Gasteiger partial charge in [0.05, 0.1) is 18.9 Å². The van der Waals surface area contributed by atoms with Crippen molar-refractivity contribution in [1.82, 2.24) is 9.78 Å². The van der Waals surface area contributed by atoms with E-state index in [9.17, 15) is 27.6 Å². The van der Waals surface area contributed by atoms with Crippen molar-refractivity contribution >= 4 is 92.2 Å². The SMILES string of the molecule is C.C=C(C(=O)OCC)C(=O)C(F)(F)F.CCN.CCOC(=O)c1cn(C)nc1C.II.I[I-]I. The van der Waals surface area contributed by atoms with Crippen LogP contribution in [0.15, 0.2) is 18.3 Å². The first kappa shape index (κ1) is 44.9. The molecule has 204 valence electrons. The standard InChI is InChI=1S/C8H12N2O2.C7H7F3O3.C2H7N.CH4.I3.I2/c1-4-12-8(11)7-5-10(3)9-6(7)2;1-3-13-6(12)4(2)5(11)7(8,9)10;1-2-3;;1-3-2;1-2/h5H,4H2,1-3H3;2-3H2,1H3;2-3H2,1H3;1H4;;/q;;;;-1;. The molecule has 0 aliphatic carbocycles. The molecular weight excluding hydrogens is 1030 g/mol. The van der Waals surface area contributed by atoms with E-state index in [-0.39, 0.29) is 20.0 Å². The average Bonchev–Trinajstić information content (AvgIpc) is 3.08. The van der Waals surface area contributed by atoms with E-state index in [0.717, 1.165) is 6.54 Å². The Morgan fingerprint density at radius 2 is 1.53 bits per heavy atom. The van der Waals surface area contributed by atoms with E-state index in [1.165, 1.54) is 6.92 Å². The number of nitrogens with zero attached hydrogens (tertiary/aromatic N) is 2. The van der Waals surface area contributed by atoms with Gasteiger partial charge in [-0.25, -0.2) is 9.59 Å². The summed E-state index contributed by atoms with van der Waals surface area (Å²) < 4.78 is 45.6. The molecule has 1 aromatic heterocycles. The molecule has 0 bridgehead atoms. The molecule has 1 rings (SSSR count). The molecular formula is C18H30F3I5N3O5-. The third kappa shape index (κ3) is 24.6. The van der Waals surface area contributed by atoms with E-state index in [1.54, 1.807) is 31.8 Å². The number of hydrogen-bond acceptors (Lipinski definition) is 7. The van der Waals surface area contributed by atoms with E-state index >= 15 is 0 Å². The summed E-state index contributed by atoms with van der Waals surface area (Å²) in [5, 5.41) is 4.03. The van der Waals surface area contributed by atoms with Gasteiger partial charge in [0.1, 0.15) is 11.1 Å². The van der Waals surface area contributed by atoms with Crippen LogP contribution in [-0.4, -0.2) is 53.4 Å². The minimum atomic E-state index is -5.08. The second-order valence-electron chi connectivity index (χ2n) is 5.01. The molecule has 0 radical (unpaired) electrons. The molecule has 1 heterocycles. The Kier molecular flexibility index (Phi) is 37.7. The number of alkyl halides is 3. The fraction of sp³-hybridized carbons (Fsp3) is 0.556. The Morgan fingerprint density at radius 1 is 1.15 bits per heavy atom. The number of ketones is 1. The van der Waals surface area contributed by atoms with Crippen LogP contribution in [0.2, 0.25) is 0 Å². The molecule has 0 aromatic carbocycles. The van der Waals surface area contributed by atoms with Crippen LogP contribution in [0.3, 0.4) is 0 Å². The second kappa shape index (κ2) is 28.5. The molecule has 0 saturated heterocycles. The number of carbonyl (C=O) groups is 3. The van der Waals surface area contributed by atoms with Crippen molar-refractivity contribution in [1.29, 1.82) is 0 Å². The quantitative estimate of drug-likeness (QED) is 0.159. The summed E-state index contributed by atoms with van der Waals surface area (Å²) in [5.41, 5.74) is 4.89. The van der Waals surface area contributed by atoms with Crippen LogP contribution < -0.4 is 19.0 Å². The van der Waals surface area contributed by atoms with Crippen LogP contribution in [0.1, 0.15) is 44.2 Å². The van der Waals surface area contributed by atoms with Crippen LogP contribution in [0.5, 0.6) is 0 Å². The van der Waals surface area contributed by atoms with Crippen molar-refractivity contribution in [3.8, 4) is 0 Å². The number of esters is 2. The maximum atomic E-state index is 11.7. The fourth-order valence-corrected chi connectivity index (χ4v) is 1.49. The number of Topliss-reactive ketones (excluding diaryl/α,β-unsaturated/α-hetero) is 1. The number of ether oxygens (including phenoxy) is 2. The molecule has 0 amide bonds. The van der Waals surface area contributed by atoms with Crippen molar-refractivity contribution in [2.45, 2.75) is 41.3 Å². The van der Waals surface area contributed by atoms with Gasteiger partial charge in [-0.2, -0.15) is 18.3 Å². The molecule has 1 aromatic rings. The number of nitrogens with two attached hydrogens (primary N) is 1. The predicted octanol–water partition coefficient (Wildman–Crippen LogP) is 3.29. The van der Waals surface area contributed by atoms with Crippen molar-refractivity contribution in [3.05, 3.63) is 29.6 Å². The van der Waals surface area contributed by atoms with Crippen LogP contribution in [0, 0.1) is 6.92 Å². The molecule has 0 unspecified atom stereocenters. The Labute approximate surface area is 252 Å². The van der Waals surface area contributed by atoms with Gasteiger partial charge in [0, 0.05) is 50.5 Å². The molecule has 16 heteroatoms. The molecule has 0 aliphatic rings. The van der Waals surface area contributed by atoms with Gasteiger partial charge in [0.15, 0.2) is 0 Å². The van der Waals surface area contributed by atoms with E-state index in [1.807, 2.05) is 6.92 Å². The van der Waals surface area contributed by atoms with E-state index in [0.29, 0.717) is 31.1 Å². The van der Waals surface area contributed by atoms with Gasteiger partial charge in [-0.3, -0.25) is 9.48 Å². The Morgan fingerprint density at radius 3 is 1.79 bits per heavy atom. The first-order valence-corrected chi connectivity index (χ1v) is 27.5. The summed E-state index contributed by atoms with van der Waals surface area (Å²) in [4.78, 5) is 32.1. The average molecular weight is 1060 g/mol. The summed E-state index contributed by atoms with van der Waals surface area (Å²) in [6.07, 6.45) is -3.42. The third-order valence-corrected chi connectivity index (χ3v) is 2.56. The van der Waals surface area contributed by atoms with Crippen LogP contribution in [0.4, 0.5) is 13.2 Å². The minimum absolute atomic E-state index is 0. The number of aryl methyl sites for hydroxylation is 2. The summed E-state index contributed by atoms with van der Waals surface area (Å²) in [7, 11) is 1.77. The van der Waals surface area contributed by atoms with Crippen molar-refractivity contribution in [2.24, 2.45) is 12.8 Å². The Hall–Kier alpha value is 0.960. The molecule has 0 atom stereocenters. The molecule has 0 spiro atoms. The number of carbonyl (C=O) groups excluding carboxylic acids is 3. The van der Waals surface area contributed by atoms with Crippen molar-refractivity contribution in [2.75, 3.05) is 19.8 Å². The van der Waals surface area contributed by atoms with Gasteiger partial charge in [0.25, 0.3) is 5.78 Å². The topological polar surface area (TPSA) is 114 Å². The third-order valence-electron chi connectivity index (χ3n) is 2.56. The van der Waals surface area contributed by atoms with Crippen LogP contribution in [-0.2, 0) is 26.1 Å². The van der Waals surface area contributed by atoms with Crippen molar-refractivity contribution in [3.63, 3.8) is 0 Å². The van der Waals surface area contributed by atoms with Crippen molar-refractivity contribution < 1.29 is 50.3 Å². The molecule has 0 saturated carbocycles. The van der Waals surface area contributed by atoms with E-state index in [2.05, 4.69) is 90.9 Å². The summed E-state index contributed by atoms with van der Waals surface area (Å²) in [5.74, 6) is -3.92. The molecule has 0 fully saturated rings. The first-order valence-electron chi connectivity index (χ1n) is 8.64. The van der Waals surface area contributed by atoms with Gasteiger partial charge >= 0.3 is 68.6 Å². The van der Waals surface area contributed by atoms with Crippen LogP contribution in [0.25, 0.3) is 0 Å². The van der Waals surface area contributed by atoms with Gasteiger partial charge in [-0.15, -0.1) is 0 Å². The normalized spacial score (nSPS) is 8.97. The monoisotopic (exact) mass is 1060 g/mol. The van der Waals surface area contributed by atoms with Crippen LogP contribution >= 0.6 is 74.5 Å². The van der Waals surface area contributed by atoms with Gasteiger partial charge in [0.2, 0.25) is 0 Å². The van der Waals surface area contributed by atoms with Gasteiger partial charge in [-0.1, -0.05) is 20.9 Å². The molecule has 8 nitrogen and oxygen atoms in total. The zero-order valence-electron chi connectivity index (χ0n) is 18.4. The zero-order chi connectivity index (χ0) is 27.2. The molecule has 34 heavy (non-hydrogen) atoms. The fourth-order valence-electron chi connectivity index (χ4n) is 1.49. The Balaban J connectivity index is -0.000000123. The van der Waals surface area contributed by atoms with E-state index < -0.39 is 23.5 Å². The Bertz CT molecular complexity index is 703. The second-order valence-corrected chi connectivity index (χ2v) is 21.3. The van der Waals surface area contributed by atoms with Gasteiger partial charge in [-0.05, 0) is 27.3 Å². The van der Waals surface area contributed by atoms with Gasteiger partial charge < -0.3 is 15.2 Å². The number of rotatable bonds is 5. The summed E-state index contributed by atoms with van der Waals surface area (Å²) in [6.45, 7) is 10.6. The molecule has 2 N–H and O–H groups in total. The number of hydrogen-bond donors (Lipinski definition) is 1. The zero-order valence-corrected chi connectivity index (χ0v) is 29.2. The molecule has 0 aliphatic heterocycles. The number of halogens is 8. The summed E-state index contributed by atoms with van der Waals surface area (Å²) >= 11 is 9.54. The first-order chi connectivity index (χ1) is 15.3. The summed E-state index contributed by atoms with van der Waals surface area (Å²) in [6, 6.07) is 0.